The Morgan fingerprint density at radius 1 is 1.21 bits per heavy atom. The van der Waals surface area contributed by atoms with Crippen molar-refractivity contribution in [2.75, 3.05) is 7.11 Å². The quantitative estimate of drug-likeness (QED) is 0.542. The molecule has 0 saturated carbocycles. The first-order valence-corrected chi connectivity index (χ1v) is 8.62. The molecule has 0 aliphatic carbocycles. The molecule has 0 fully saturated rings. The maximum Gasteiger partial charge on any atom is 0.415 e. The van der Waals surface area contributed by atoms with E-state index in [1.807, 2.05) is 6.07 Å². The number of aromatic nitrogens is 3. The van der Waals surface area contributed by atoms with E-state index in [-0.39, 0.29) is 27.8 Å². The molecule has 0 radical (unpaired) electrons. The molecule has 0 aliphatic rings. The topological polar surface area (TPSA) is 86.6 Å². The molecule has 0 amide bonds. The standard InChI is InChI=1S/C20H15F3N4O2/c1-10-7-15(29-2)16(12-5-6-25-17(10)12)18(20(21,22)23)27-19(28)13-8-11(9-24)3-4-14(13)26-27/h3-8,18,25-26H,1-2H3. The van der Waals surface area contributed by atoms with E-state index < -0.39 is 17.8 Å². The van der Waals surface area contributed by atoms with Gasteiger partial charge < -0.3 is 9.72 Å². The number of nitriles is 1. The number of aromatic amines is 2. The maximum atomic E-state index is 14.3. The minimum absolute atomic E-state index is 0.00897. The normalized spacial score (nSPS) is 13.0. The molecule has 9 heteroatoms. The Labute approximate surface area is 162 Å². The number of hydrogen-bond acceptors (Lipinski definition) is 3. The number of halogens is 3. The van der Waals surface area contributed by atoms with Gasteiger partial charge in [-0.1, -0.05) is 0 Å². The predicted octanol–water partition coefficient (Wildman–Crippen LogP) is 4.15. The smallest absolute Gasteiger partial charge is 0.415 e. The average molecular weight is 400 g/mol. The van der Waals surface area contributed by atoms with Crippen LogP contribution < -0.4 is 10.3 Å². The van der Waals surface area contributed by atoms with E-state index in [9.17, 15) is 18.0 Å². The summed E-state index contributed by atoms with van der Waals surface area (Å²) in [5, 5.41) is 11.9. The molecule has 4 rings (SSSR count). The minimum Gasteiger partial charge on any atom is -0.496 e. The number of rotatable bonds is 3. The highest BCUT2D eigenvalue weighted by atomic mass is 19.4. The Kier molecular flexibility index (Phi) is 4.15. The Morgan fingerprint density at radius 3 is 2.62 bits per heavy atom. The lowest BCUT2D eigenvalue weighted by molar-refractivity contribution is -0.159. The Bertz CT molecular complexity index is 1340. The van der Waals surface area contributed by atoms with Crippen LogP contribution in [0.4, 0.5) is 13.2 Å². The molecule has 6 nitrogen and oxygen atoms in total. The van der Waals surface area contributed by atoms with Crippen LogP contribution in [0.25, 0.3) is 21.8 Å². The molecule has 2 aromatic heterocycles. The van der Waals surface area contributed by atoms with Crippen molar-refractivity contribution in [3.05, 3.63) is 63.6 Å². The number of H-pyrrole nitrogens is 2. The van der Waals surface area contributed by atoms with Crippen LogP contribution in [0.3, 0.4) is 0 Å². The number of hydrogen-bond donors (Lipinski definition) is 2. The second-order valence-corrected chi connectivity index (χ2v) is 6.68. The van der Waals surface area contributed by atoms with E-state index >= 15 is 0 Å². The molecule has 2 heterocycles. The molecule has 2 N–H and O–H groups in total. The van der Waals surface area contributed by atoms with Gasteiger partial charge in [0.25, 0.3) is 5.56 Å². The molecule has 1 unspecified atom stereocenters. The molecule has 1 atom stereocenters. The SMILES string of the molecule is COc1cc(C)c2[nH]ccc2c1C(n1[nH]c2ccc(C#N)cc2c1=O)C(F)(F)F. The second kappa shape index (κ2) is 6.44. The fourth-order valence-electron chi connectivity index (χ4n) is 3.67. The van der Waals surface area contributed by atoms with Gasteiger partial charge in [0.05, 0.1) is 29.6 Å². The lowest BCUT2D eigenvalue weighted by atomic mass is 9.98. The molecule has 29 heavy (non-hydrogen) atoms. The van der Waals surface area contributed by atoms with E-state index in [4.69, 9.17) is 10.00 Å². The van der Waals surface area contributed by atoms with Crippen molar-refractivity contribution in [1.29, 1.82) is 5.26 Å². The molecule has 148 valence electrons. The molecule has 0 aliphatic heterocycles. The summed E-state index contributed by atoms with van der Waals surface area (Å²) in [5.41, 5.74) is 0.604. The van der Waals surface area contributed by atoms with Crippen LogP contribution in [0.5, 0.6) is 5.75 Å². The highest BCUT2D eigenvalue weighted by Gasteiger charge is 2.46. The third-order valence-corrected chi connectivity index (χ3v) is 4.94. The van der Waals surface area contributed by atoms with Gasteiger partial charge in [-0.05, 0) is 42.8 Å². The monoisotopic (exact) mass is 400 g/mol. The Balaban J connectivity index is 2.08. The van der Waals surface area contributed by atoms with Crippen LogP contribution in [0.15, 0.2) is 41.3 Å². The van der Waals surface area contributed by atoms with E-state index in [0.29, 0.717) is 21.1 Å². The third-order valence-electron chi connectivity index (χ3n) is 4.94. The summed E-state index contributed by atoms with van der Waals surface area (Å²) in [6, 6.07) is 6.74. The van der Waals surface area contributed by atoms with Crippen molar-refractivity contribution in [2.45, 2.75) is 19.1 Å². The van der Waals surface area contributed by atoms with Gasteiger partial charge in [-0.15, -0.1) is 0 Å². The van der Waals surface area contributed by atoms with Crippen LogP contribution in [0.2, 0.25) is 0 Å². The van der Waals surface area contributed by atoms with E-state index in [1.165, 1.54) is 37.4 Å². The number of ether oxygens (including phenoxy) is 1. The minimum atomic E-state index is -4.80. The summed E-state index contributed by atoms with van der Waals surface area (Å²) < 4.78 is 48.7. The van der Waals surface area contributed by atoms with Gasteiger partial charge in [0.15, 0.2) is 6.04 Å². The van der Waals surface area contributed by atoms with Crippen LogP contribution in [-0.2, 0) is 0 Å². The van der Waals surface area contributed by atoms with Gasteiger partial charge in [-0.3, -0.25) is 9.89 Å². The fraction of sp³-hybridized carbons (Fsp3) is 0.200. The van der Waals surface area contributed by atoms with Crippen LogP contribution in [0, 0.1) is 18.3 Å². The molecule has 2 aromatic carbocycles. The predicted molar refractivity (Wildman–Crippen MR) is 101 cm³/mol. The number of aryl methyl sites for hydroxylation is 1. The van der Waals surface area contributed by atoms with Crippen molar-refractivity contribution in [1.82, 2.24) is 14.8 Å². The van der Waals surface area contributed by atoms with Crippen LogP contribution in [-0.4, -0.2) is 28.1 Å². The van der Waals surface area contributed by atoms with E-state index in [2.05, 4.69) is 10.1 Å². The summed E-state index contributed by atoms with van der Waals surface area (Å²) in [6.07, 6.45) is -3.25. The van der Waals surface area contributed by atoms with Gasteiger partial charge in [-0.25, -0.2) is 4.68 Å². The van der Waals surface area contributed by atoms with Crippen LogP contribution in [0.1, 0.15) is 22.7 Å². The van der Waals surface area contributed by atoms with E-state index in [1.54, 1.807) is 13.1 Å². The van der Waals surface area contributed by atoms with Gasteiger partial charge in [-0.2, -0.15) is 18.4 Å². The maximum absolute atomic E-state index is 14.3. The summed E-state index contributed by atoms with van der Waals surface area (Å²) in [7, 11) is 1.29. The van der Waals surface area contributed by atoms with Gasteiger partial charge in [0.2, 0.25) is 0 Å². The number of benzene rings is 2. The number of methoxy groups -OCH3 is 1. The summed E-state index contributed by atoms with van der Waals surface area (Å²) in [5.74, 6) is 0.0280. The highest BCUT2D eigenvalue weighted by molar-refractivity contribution is 5.89. The number of alkyl halides is 3. The molecule has 0 saturated heterocycles. The first-order valence-electron chi connectivity index (χ1n) is 8.62. The van der Waals surface area contributed by atoms with Crippen molar-refractivity contribution in [3.63, 3.8) is 0 Å². The van der Waals surface area contributed by atoms with Crippen molar-refractivity contribution in [3.8, 4) is 11.8 Å². The van der Waals surface area contributed by atoms with E-state index in [0.717, 1.165) is 0 Å². The second-order valence-electron chi connectivity index (χ2n) is 6.68. The largest absolute Gasteiger partial charge is 0.496 e. The van der Waals surface area contributed by atoms with Crippen molar-refractivity contribution in [2.24, 2.45) is 0 Å². The van der Waals surface area contributed by atoms with Gasteiger partial charge in [0, 0.05) is 22.7 Å². The molecular weight excluding hydrogens is 385 g/mol. The molecule has 0 bridgehead atoms. The highest BCUT2D eigenvalue weighted by Crippen LogP contribution is 2.44. The molecular formula is C20H15F3N4O2. The summed E-state index contributed by atoms with van der Waals surface area (Å²) in [6.45, 7) is 1.76. The Hall–Kier alpha value is -3.67. The fourth-order valence-corrected chi connectivity index (χ4v) is 3.67. The zero-order valence-electron chi connectivity index (χ0n) is 15.4. The van der Waals surface area contributed by atoms with Crippen molar-refractivity contribution >= 4 is 21.8 Å². The molecule has 0 spiro atoms. The number of nitrogens with zero attached hydrogens (tertiary/aromatic N) is 2. The zero-order chi connectivity index (χ0) is 20.9. The van der Waals surface area contributed by atoms with Gasteiger partial charge in [0.1, 0.15) is 5.75 Å². The lowest BCUT2D eigenvalue weighted by Gasteiger charge is -2.24. The third kappa shape index (κ3) is 2.84. The number of nitrogens with one attached hydrogen (secondary N) is 2. The summed E-state index contributed by atoms with van der Waals surface area (Å²) in [4.78, 5) is 15.8. The number of fused-ring (bicyclic) bond motifs is 2. The Morgan fingerprint density at radius 2 is 1.97 bits per heavy atom. The van der Waals surface area contributed by atoms with Crippen LogP contribution >= 0.6 is 0 Å². The first-order chi connectivity index (χ1) is 13.8. The lowest BCUT2D eigenvalue weighted by Crippen LogP contribution is -2.34. The molecule has 4 aromatic rings. The summed E-state index contributed by atoms with van der Waals surface area (Å²) >= 11 is 0. The average Bonchev–Trinajstić information content (AvgIpc) is 3.28. The van der Waals surface area contributed by atoms with Gasteiger partial charge >= 0.3 is 6.18 Å². The first kappa shape index (κ1) is 18.7. The zero-order valence-corrected chi connectivity index (χ0v) is 15.4. The van der Waals surface area contributed by atoms with Crippen molar-refractivity contribution < 1.29 is 17.9 Å².